The zero-order chi connectivity index (χ0) is 14.1. The number of nitrogens with one attached hydrogen (secondary N) is 1. The molecule has 0 saturated heterocycles. The standard InChI is InChI=1S/C15H26FN3/c1-4-19(5-2)13-11-17-10-12-18(3)15-8-6-14(16)7-9-15/h6-9,17H,4-5,10-13H2,1-3H3. The summed E-state index contributed by atoms with van der Waals surface area (Å²) in [5.74, 6) is -0.186. The highest BCUT2D eigenvalue weighted by Crippen LogP contribution is 2.12. The van der Waals surface area contributed by atoms with Crippen molar-refractivity contribution in [2.45, 2.75) is 13.8 Å². The number of anilines is 1. The average molecular weight is 267 g/mol. The van der Waals surface area contributed by atoms with Crippen LogP contribution in [0.5, 0.6) is 0 Å². The van der Waals surface area contributed by atoms with E-state index in [9.17, 15) is 4.39 Å². The maximum Gasteiger partial charge on any atom is 0.123 e. The third kappa shape index (κ3) is 6.03. The Hall–Kier alpha value is -1.13. The van der Waals surface area contributed by atoms with Gasteiger partial charge in [0.1, 0.15) is 5.82 Å². The summed E-state index contributed by atoms with van der Waals surface area (Å²) in [6.45, 7) is 10.5. The smallest absolute Gasteiger partial charge is 0.123 e. The molecule has 0 aliphatic rings. The van der Waals surface area contributed by atoms with Gasteiger partial charge in [-0.05, 0) is 37.4 Å². The van der Waals surface area contributed by atoms with Gasteiger partial charge < -0.3 is 15.1 Å². The molecular weight excluding hydrogens is 241 g/mol. The predicted molar refractivity (Wildman–Crippen MR) is 80.3 cm³/mol. The second-order valence-electron chi connectivity index (χ2n) is 4.67. The molecule has 19 heavy (non-hydrogen) atoms. The van der Waals surface area contributed by atoms with Gasteiger partial charge in [-0.2, -0.15) is 0 Å². The van der Waals surface area contributed by atoms with E-state index in [2.05, 4.69) is 29.0 Å². The summed E-state index contributed by atoms with van der Waals surface area (Å²) < 4.78 is 12.8. The van der Waals surface area contributed by atoms with E-state index < -0.39 is 0 Å². The molecule has 0 spiro atoms. The summed E-state index contributed by atoms with van der Waals surface area (Å²) in [5.41, 5.74) is 1.05. The largest absolute Gasteiger partial charge is 0.373 e. The molecule has 0 amide bonds. The zero-order valence-corrected chi connectivity index (χ0v) is 12.3. The molecule has 0 atom stereocenters. The molecule has 0 unspecified atom stereocenters. The maximum absolute atomic E-state index is 12.8. The normalized spacial score (nSPS) is 11.0. The van der Waals surface area contributed by atoms with Crippen LogP contribution < -0.4 is 10.2 Å². The van der Waals surface area contributed by atoms with Gasteiger partial charge in [0.2, 0.25) is 0 Å². The van der Waals surface area contributed by atoms with Gasteiger partial charge in [0.05, 0.1) is 0 Å². The monoisotopic (exact) mass is 267 g/mol. The van der Waals surface area contributed by atoms with Crippen LogP contribution in [-0.4, -0.2) is 51.2 Å². The van der Waals surface area contributed by atoms with Crippen molar-refractivity contribution in [3.05, 3.63) is 30.1 Å². The Balaban J connectivity index is 2.17. The SMILES string of the molecule is CCN(CC)CCNCCN(C)c1ccc(F)cc1. The van der Waals surface area contributed by atoms with Crippen molar-refractivity contribution in [2.24, 2.45) is 0 Å². The minimum Gasteiger partial charge on any atom is -0.373 e. The molecule has 0 heterocycles. The Morgan fingerprint density at radius 2 is 1.58 bits per heavy atom. The van der Waals surface area contributed by atoms with Crippen LogP contribution in [0.25, 0.3) is 0 Å². The van der Waals surface area contributed by atoms with Crippen molar-refractivity contribution in [1.29, 1.82) is 0 Å². The van der Waals surface area contributed by atoms with Crippen LogP contribution in [0.1, 0.15) is 13.8 Å². The predicted octanol–water partition coefficient (Wildman–Crippen LogP) is 2.19. The van der Waals surface area contributed by atoms with Crippen LogP contribution in [0.4, 0.5) is 10.1 Å². The summed E-state index contributed by atoms with van der Waals surface area (Å²) in [5, 5.41) is 3.44. The van der Waals surface area contributed by atoms with E-state index in [1.54, 1.807) is 0 Å². The van der Waals surface area contributed by atoms with Crippen molar-refractivity contribution in [3.8, 4) is 0 Å². The number of hydrogen-bond donors (Lipinski definition) is 1. The molecule has 0 aliphatic carbocycles. The first-order valence-corrected chi connectivity index (χ1v) is 7.07. The fraction of sp³-hybridized carbons (Fsp3) is 0.600. The van der Waals surface area contributed by atoms with Crippen molar-refractivity contribution in [1.82, 2.24) is 10.2 Å². The Labute approximate surface area is 116 Å². The molecular formula is C15H26FN3. The van der Waals surface area contributed by atoms with Crippen molar-refractivity contribution in [2.75, 3.05) is 51.2 Å². The number of benzene rings is 1. The zero-order valence-electron chi connectivity index (χ0n) is 12.3. The van der Waals surface area contributed by atoms with E-state index >= 15 is 0 Å². The Morgan fingerprint density at radius 1 is 1.00 bits per heavy atom. The lowest BCUT2D eigenvalue weighted by Crippen LogP contribution is -2.35. The second kappa shape index (κ2) is 8.88. The van der Waals surface area contributed by atoms with Crippen LogP contribution in [0.2, 0.25) is 0 Å². The molecule has 0 saturated carbocycles. The fourth-order valence-electron chi connectivity index (χ4n) is 1.97. The first-order valence-electron chi connectivity index (χ1n) is 7.07. The van der Waals surface area contributed by atoms with E-state index in [1.807, 2.05) is 19.2 Å². The number of hydrogen-bond acceptors (Lipinski definition) is 3. The highest BCUT2D eigenvalue weighted by molar-refractivity contribution is 5.45. The van der Waals surface area contributed by atoms with Crippen molar-refractivity contribution in [3.63, 3.8) is 0 Å². The van der Waals surface area contributed by atoms with Gasteiger partial charge in [-0.15, -0.1) is 0 Å². The second-order valence-corrected chi connectivity index (χ2v) is 4.67. The third-order valence-corrected chi connectivity index (χ3v) is 3.39. The van der Waals surface area contributed by atoms with Gasteiger partial charge in [0.25, 0.3) is 0 Å². The number of rotatable bonds is 9. The van der Waals surface area contributed by atoms with Crippen molar-refractivity contribution >= 4 is 5.69 Å². The molecule has 0 radical (unpaired) electrons. The van der Waals surface area contributed by atoms with Crippen LogP contribution in [0.3, 0.4) is 0 Å². The van der Waals surface area contributed by atoms with Crippen LogP contribution in [0.15, 0.2) is 24.3 Å². The van der Waals surface area contributed by atoms with Gasteiger partial charge in [0.15, 0.2) is 0 Å². The summed E-state index contributed by atoms with van der Waals surface area (Å²) in [6, 6.07) is 6.62. The Morgan fingerprint density at radius 3 is 2.16 bits per heavy atom. The number of halogens is 1. The maximum atomic E-state index is 12.8. The lowest BCUT2D eigenvalue weighted by molar-refractivity contribution is 0.303. The fourth-order valence-corrected chi connectivity index (χ4v) is 1.97. The molecule has 1 aromatic carbocycles. The minimum absolute atomic E-state index is 0.186. The average Bonchev–Trinajstić information content (AvgIpc) is 2.43. The highest BCUT2D eigenvalue weighted by atomic mass is 19.1. The van der Waals surface area contributed by atoms with Gasteiger partial charge >= 0.3 is 0 Å². The topological polar surface area (TPSA) is 18.5 Å². The van der Waals surface area contributed by atoms with Gasteiger partial charge in [-0.1, -0.05) is 13.8 Å². The molecule has 1 N–H and O–H groups in total. The molecule has 3 nitrogen and oxygen atoms in total. The lowest BCUT2D eigenvalue weighted by Gasteiger charge is -2.21. The minimum atomic E-state index is -0.186. The first kappa shape index (κ1) is 15.9. The van der Waals surface area contributed by atoms with Crippen LogP contribution >= 0.6 is 0 Å². The van der Waals surface area contributed by atoms with E-state index in [4.69, 9.17) is 0 Å². The van der Waals surface area contributed by atoms with Gasteiger partial charge in [0, 0.05) is 38.9 Å². The van der Waals surface area contributed by atoms with E-state index in [0.717, 1.165) is 45.0 Å². The number of likely N-dealkylation sites (N-methyl/N-ethyl adjacent to an activating group) is 2. The van der Waals surface area contributed by atoms with Crippen LogP contribution in [-0.2, 0) is 0 Å². The molecule has 0 bridgehead atoms. The molecule has 0 aliphatic heterocycles. The molecule has 1 aromatic rings. The quantitative estimate of drug-likeness (QED) is 0.692. The van der Waals surface area contributed by atoms with E-state index in [1.165, 1.54) is 12.1 Å². The number of nitrogens with zero attached hydrogens (tertiary/aromatic N) is 2. The molecule has 108 valence electrons. The van der Waals surface area contributed by atoms with Gasteiger partial charge in [-0.25, -0.2) is 4.39 Å². The summed E-state index contributed by atoms with van der Waals surface area (Å²) in [4.78, 5) is 4.53. The van der Waals surface area contributed by atoms with E-state index in [-0.39, 0.29) is 5.82 Å². The van der Waals surface area contributed by atoms with Gasteiger partial charge in [-0.3, -0.25) is 0 Å². The van der Waals surface area contributed by atoms with E-state index in [0.29, 0.717) is 0 Å². The first-order chi connectivity index (χ1) is 9.17. The van der Waals surface area contributed by atoms with Crippen molar-refractivity contribution < 1.29 is 4.39 Å². The Kier molecular flexibility index (Phi) is 7.45. The summed E-state index contributed by atoms with van der Waals surface area (Å²) in [7, 11) is 2.03. The lowest BCUT2D eigenvalue weighted by atomic mass is 10.3. The molecule has 0 aromatic heterocycles. The third-order valence-electron chi connectivity index (χ3n) is 3.39. The Bertz CT molecular complexity index is 336. The highest BCUT2D eigenvalue weighted by Gasteiger charge is 2.01. The molecule has 4 heteroatoms. The summed E-state index contributed by atoms with van der Waals surface area (Å²) in [6.07, 6.45) is 0. The molecule has 0 fully saturated rings. The van der Waals surface area contributed by atoms with Crippen LogP contribution in [0, 0.1) is 5.82 Å². The summed E-state index contributed by atoms with van der Waals surface area (Å²) >= 11 is 0. The molecule has 1 rings (SSSR count).